The fourth-order valence-corrected chi connectivity index (χ4v) is 2.20. The van der Waals surface area contributed by atoms with Crippen LogP contribution in [0.25, 0.3) is 0 Å². The highest BCUT2D eigenvalue weighted by Gasteiger charge is 2.15. The number of ether oxygens (including phenoxy) is 1. The van der Waals surface area contributed by atoms with Gasteiger partial charge in [-0.05, 0) is 27.2 Å². The van der Waals surface area contributed by atoms with E-state index in [0.29, 0.717) is 13.1 Å². The van der Waals surface area contributed by atoms with E-state index in [9.17, 15) is 4.79 Å². The minimum atomic E-state index is -0.448. The van der Waals surface area contributed by atoms with Crippen LogP contribution in [-0.2, 0) is 17.7 Å². The molecule has 0 aromatic carbocycles. The second kappa shape index (κ2) is 7.45. The maximum atomic E-state index is 11.4. The molecule has 0 spiro atoms. The zero-order valence-electron chi connectivity index (χ0n) is 12.1. The number of nitrogens with zero attached hydrogens (tertiary/aromatic N) is 1. The summed E-state index contributed by atoms with van der Waals surface area (Å²) in [6, 6.07) is 0. The van der Waals surface area contributed by atoms with Gasteiger partial charge in [-0.25, -0.2) is 9.78 Å². The van der Waals surface area contributed by atoms with Gasteiger partial charge in [0.05, 0.1) is 5.01 Å². The van der Waals surface area contributed by atoms with Gasteiger partial charge in [0, 0.05) is 30.7 Å². The van der Waals surface area contributed by atoms with E-state index in [1.54, 1.807) is 11.3 Å². The average molecular weight is 285 g/mol. The summed E-state index contributed by atoms with van der Waals surface area (Å²) in [6.07, 6.45) is 2.50. The van der Waals surface area contributed by atoms with E-state index in [0.717, 1.165) is 18.0 Å². The third-order valence-corrected chi connectivity index (χ3v) is 3.31. The molecule has 0 fully saturated rings. The first-order valence-electron chi connectivity index (χ1n) is 6.52. The Hall–Kier alpha value is -1.14. The van der Waals surface area contributed by atoms with Gasteiger partial charge in [0.15, 0.2) is 0 Å². The third-order valence-electron chi connectivity index (χ3n) is 2.17. The van der Waals surface area contributed by atoms with Crippen molar-refractivity contribution in [3.05, 3.63) is 16.1 Å². The number of aryl methyl sites for hydroxylation is 1. The predicted molar refractivity (Wildman–Crippen MR) is 77.4 cm³/mol. The van der Waals surface area contributed by atoms with Crippen LogP contribution in [0.4, 0.5) is 4.79 Å². The lowest BCUT2D eigenvalue weighted by atomic mass is 10.2. The van der Waals surface area contributed by atoms with Gasteiger partial charge in [-0.15, -0.1) is 11.3 Å². The molecule has 0 saturated carbocycles. The van der Waals surface area contributed by atoms with E-state index in [1.165, 1.54) is 4.88 Å². The Labute approximate surface area is 118 Å². The van der Waals surface area contributed by atoms with Crippen LogP contribution in [0.1, 0.15) is 37.6 Å². The van der Waals surface area contributed by atoms with Crippen molar-refractivity contribution in [1.29, 1.82) is 0 Å². The molecule has 0 aliphatic heterocycles. The van der Waals surface area contributed by atoms with Crippen molar-refractivity contribution in [3.63, 3.8) is 0 Å². The summed E-state index contributed by atoms with van der Waals surface area (Å²) in [5.74, 6) is 0. The number of amides is 1. The zero-order valence-corrected chi connectivity index (χ0v) is 12.9. The molecule has 6 heteroatoms. The minimum absolute atomic E-state index is 0.375. The molecule has 2 N–H and O–H groups in total. The largest absolute Gasteiger partial charge is 0.444 e. The van der Waals surface area contributed by atoms with Crippen LogP contribution in [0.3, 0.4) is 0 Å². The molecule has 0 bridgehead atoms. The van der Waals surface area contributed by atoms with Crippen LogP contribution in [0.2, 0.25) is 0 Å². The molecule has 0 unspecified atom stereocenters. The second-order valence-corrected chi connectivity index (χ2v) is 6.38. The number of alkyl carbamates (subject to hydrolysis) is 1. The molecule has 1 aromatic heterocycles. The van der Waals surface area contributed by atoms with Crippen LogP contribution in [0.15, 0.2) is 6.20 Å². The van der Waals surface area contributed by atoms with Gasteiger partial charge in [0.1, 0.15) is 5.60 Å². The van der Waals surface area contributed by atoms with Gasteiger partial charge in [-0.2, -0.15) is 0 Å². The number of carbonyl (C=O) groups is 1. The fraction of sp³-hybridized carbons (Fsp3) is 0.692. The first-order valence-corrected chi connectivity index (χ1v) is 7.33. The number of thiazole rings is 1. The van der Waals surface area contributed by atoms with Crippen molar-refractivity contribution in [2.75, 3.05) is 13.1 Å². The van der Waals surface area contributed by atoms with Crippen molar-refractivity contribution in [2.24, 2.45) is 0 Å². The smallest absolute Gasteiger partial charge is 0.407 e. The Morgan fingerprint density at radius 1 is 1.42 bits per heavy atom. The molecule has 19 heavy (non-hydrogen) atoms. The van der Waals surface area contributed by atoms with Gasteiger partial charge in [-0.3, -0.25) is 0 Å². The molecule has 1 heterocycles. The van der Waals surface area contributed by atoms with Gasteiger partial charge in [0.2, 0.25) is 0 Å². The monoisotopic (exact) mass is 285 g/mol. The molecule has 0 aliphatic carbocycles. The number of hydrogen-bond acceptors (Lipinski definition) is 5. The Kier molecular flexibility index (Phi) is 6.24. The molecule has 1 amide bonds. The number of aromatic nitrogens is 1. The Morgan fingerprint density at radius 2 is 2.16 bits per heavy atom. The van der Waals surface area contributed by atoms with Crippen LogP contribution in [0, 0.1) is 0 Å². The Morgan fingerprint density at radius 3 is 2.74 bits per heavy atom. The Bertz CT molecular complexity index is 399. The SMILES string of the molecule is CCc1ncc(CNCCNC(=O)OC(C)(C)C)s1. The van der Waals surface area contributed by atoms with E-state index in [4.69, 9.17) is 4.74 Å². The molecule has 0 atom stereocenters. The molecule has 108 valence electrons. The summed E-state index contributed by atoms with van der Waals surface area (Å²) in [6.45, 7) is 9.68. The number of nitrogens with one attached hydrogen (secondary N) is 2. The van der Waals surface area contributed by atoms with E-state index < -0.39 is 5.60 Å². The van der Waals surface area contributed by atoms with Crippen LogP contribution >= 0.6 is 11.3 Å². The lowest BCUT2D eigenvalue weighted by Crippen LogP contribution is -2.36. The maximum absolute atomic E-state index is 11.4. The van der Waals surface area contributed by atoms with Gasteiger partial charge in [-0.1, -0.05) is 6.92 Å². The first-order chi connectivity index (χ1) is 8.90. The maximum Gasteiger partial charge on any atom is 0.407 e. The van der Waals surface area contributed by atoms with E-state index >= 15 is 0 Å². The summed E-state index contributed by atoms with van der Waals surface area (Å²) in [7, 11) is 0. The third kappa shape index (κ3) is 7.12. The highest BCUT2D eigenvalue weighted by atomic mass is 32.1. The normalized spacial score (nSPS) is 11.4. The number of hydrogen-bond donors (Lipinski definition) is 2. The minimum Gasteiger partial charge on any atom is -0.444 e. The summed E-state index contributed by atoms with van der Waals surface area (Å²) in [5, 5.41) is 7.12. The van der Waals surface area contributed by atoms with Gasteiger partial charge < -0.3 is 15.4 Å². The number of rotatable bonds is 6. The molecule has 1 rings (SSSR count). The topological polar surface area (TPSA) is 63.2 Å². The summed E-state index contributed by atoms with van der Waals surface area (Å²) < 4.78 is 5.13. The summed E-state index contributed by atoms with van der Waals surface area (Å²) >= 11 is 1.72. The van der Waals surface area contributed by atoms with Crippen LogP contribution < -0.4 is 10.6 Å². The molecule has 0 radical (unpaired) electrons. The molecular weight excluding hydrogens is 262 g/mol. The van der Waals surface area contributed by atoms with Crippen molar-refractivity contribution in [2.45, 2.75) is 46.3 Å². The average Bonchev–Trinajstić information content (AvgIpc) is 2.74. The molecular formula is C13H23N3O2S. The van der Waals surface area contributed by atoms with Crippen molar-refractivity contribution < 1.29 is 9.53 Å². The zero-order chi connectivity index (χ0) is 14.3. The highest BCUT2D eigenvalue weighted by molar-refractivity contribution is 7.11. The van der Waals surface area contributed by atoms with E-state index in [2.05, 4.69) is 22.5 Å². The molecule has 5 nitrogen and oxygen atoms in total. The van der Waals surface area contributed by atoms with Crippen LogP contribution in [-0.4, -0.2) is 29.8 Å². The summed E-state index contributed by atoms with van der Waals surface area (Å²) in [5.41, 5.74) is -0.448. The first kappa shape index (κ1) is 15.9. The standard InChI is InChI=1S/C13H23N3O2S/c1-5-11-16-9-10(19-11)8-14-6-7-15-12(17)18-13(2,3)4/h9,14H,5-8H2,1-4H3,(H,15,17). The van der Waals surface area contributed by atoms with E-state index in [1.807, 2.05) is 27.0 Å². The van der Waals surface area contributed by atoms with Crippen molar-refractivity contribution >= 4 is 17.4 Å². The van der Waals surface area contributed by atoms with Gasteiger partial charge in [0.25, 0.3) is 0 Å². The predicted octanol–water partition coefficient (Wildman–Crippen LogP) is 2.32. The van der Waals surface area contributed by atoms with Crippen molar-refractivity contribution in [1.82, 2.24) is 15.6 Å². The lowest BCUT2D eigenvalue weighted by Gasteiger charge is -2.19. The quantitative estimate of drug-likeness (QED) is 0.787. The lowest BCUT2D eigenvalue weighted by molar-refractivity contribution is 0.0528. The van der Waals surface area contributed by atoms with Crippen LogP contribution in [0.5, 0.6) is 0 Å². The molecule has 0 saturated heterocycles. The second-order valence-electron chi connectivity index (χ2n) is 5.18. The molecule has 1 aromatic rings. The summed E-state index contributed by atoms with van der Waals surface area (Å²) in [4.78, 5) is 16.9. The van der Waals surface area contributed by atoms with Gasteiger partial charge >= 0.3 is 6.09 Å². The van der Waals surface area contributed by atoms with Crippen molar-refractivity contribution in [3.8, 4) is 0 Å². The Balaban J connectivity index is 2.09. The number of carbonyl (C=O) groups excluding carboxylic acids is 1. The highest BCUT2D eigenvalue weighted by Crippen LogP contribution is 2.12. The molecule has 0 aliphatic rings. The van der Waals surface area contributed by atoms with E-state index in [-0.39, 0.29) is 6.09 Å². The fourth-order valence-electron chi connectivity index (χ4n) is 1.37.